The van der Waals surface area contributed by atoms with Gasteiger partial charge in [-0.15, -0.1) is 0 Å². The molecule has 1 fully saturated rings. The summed E-state index contributed by atoms with van der Waals surface area (Å²) in [6.45, 7) is 4.04. The molecule has 2 aromatic carbocycles. The summed E-state index contributed by atoms with van der Waals surface area (Å²) in [5.41, 5.74) is 3.55. The van der Waals surface area contributed by atoms with Crippen LogP contribution in [0.25, 0.3) is 0 Å². The van der Waals surface area contributed by atoms with Crippen molar-refractivity contribution >= 4 is 11.6 Å². The first kappa shape index (κ1) is 13.8. The lowest BCUT2D eigenvalue weighted by molar-refractivity contribution is 0.0158. The first-order valence-corrected chi connectivity index (χ1v) is 9.41. The molecule has 2 aromatic rings. The van der Waals surface area contributed by atoms with Crippen molar-refractivity contribution in [1.29, 1.82) is 0 Å². The average Bonchev–Trinajstić information content (AvgIpc) is 2.99. The lowest BCUT2D eigenvalue weighted by Gasteiger charge is -2.47. The minimum atomic E-state index is -2.06. The molecule has 2 aliphatic rings. The van der Waals surface area contributed by atoms with E-state index in [0.717, 1.165) is 24.5 Å². The highest BCUT2D eigenvalue weighted by Gasteiger charge is 2.40. The zero-order valence-electron chi connectivity index (χ0n) is 17.9. The van der Waals surface area contributed by atoms with Crippen molar-refractivity contribution in [2.24, 2.45) is 0 Å². The fraction of sp³-hybridized carbons (Fsp3) is 0.455. The topological polar surface area (TPSA) is 6.48 Å². The fourth-order valence-electron chi connectivity index (χ4n) is 4.43. The lowest BCUT2D eigenvalue weighted by Crippen LogP contribution is -2.58. The number of rotatable bonds is 2. The van der Waals surface area contributed by atoms with Gasteiger partial charge in [-0.3, -0.25) is 9.80 Å². The predicted molar refractivity (Wildman–Crippen MR) is 105 cm³/mol. The van der Waals surface area contributed by atoms with Crippen LogP contribution in [0.2, 0.25) is 5.02 Å². The minimum absolute atomic E-state index is 0.261. The quantitative estimate of drug-likeness (QED) is 0.750. The standard InChI is InChI=1S/C22H27ClN2/c1-22(2)15-25(12-11-24(22)3)21-14-19(16-7-5-4-6-8-16)18-10-9-17(23)13-20(18)21/h4-10,13,19,21H,11-12,14-15H2,1-3H3/t19-,21+/m0/s1/i3D3. The second-order valence-corrected chi connectivity index (χ2v) is 8.36. The average molecular weight is 358 g/mol. The molecule has 0 aromatic heterocycles. The molecule has 4 rings (SSSR count). The Morgan fingerprint density at radius 1 is 1.08 bits per heavy atom. The minimum Gasteiger partial charge on any atom is -0.299 e. The fourth-order valence-corrected chi connectivity index (χ4v) is 4.61. The summed E-state index contributed by atoms with van der Waals surface area (Å²) in [7, 11) is 0. The zero-order chi connectivity index (χ0) is 20.1. The molecule has 0 saturated carbocycles. The molecular weight excluding hydrogens is 328 g/mol. The Balaban J connectivity index is 1.65. The molecule has 0 bridgehead atoms. The molecular formula is C22H27ClN2. The summed E-state index contributed by atoms with van der Waals surface area (Å²) in [4.78, 5) is 4.12. The molecule has 1 aliphatic carbocycles. The molecule has 1 aliphatic heterocycles. The summed E-state index contributed by atoms with van der Waals surface area (Å²) in [6.07, 6.45) is 1.00. The van der Waals surface area contributed by atoms with Gasteiger partial charge >= 0.3 is 0 Å². The molecule has 0 spiro atoms. The maximum absolute atomic E-state index is 7.87. The lowest BCUT2D eigenvalue weighted by atomic mass is 9.93. The molecule has 1 heterocycles. The summed E-state index contributed by atoms with van der Waals surface area (Å²) in [6, 6.07) is 17.1. The van der Waals surface area contributed by atoms with Crippen LogP contribution in [0.4, 0.5) is 0 Å². The van der Waals surface area contributed by atoms with Crippen molar-refractivity contribution in [3.63, 3.8) is 0 Å². The Bertz CT molecular complexity index is 851. The Hall–Kier alpha value is -1.35. The molecule has 0 unspecified atom stereocenters. The van der Waals surface area contributed by atoms with Crippen molar-refractivity contribution in [2.45, 2.75) is 37.8 Å². The first-order chi connectivity index (χ1) is 13.2. The Morgan fingerprint density at radius 3 is 2.60 bits per heavy atom. The van der Waals surface area contributed by atoms with E-state index in [4.69, 9.17) is 15.7 Å². The second kappa shape index (κ2) is 6.42. The highest BCUT2D eigenvalue weighted by Crippen LogP contribution is 2.48. The van der Waals surface area contributed by atoms with Crippen molar-refractivity contribution in [3.05, 3.63) is 70.2 Å². The molecule has 0 radical (unpaired) electrons. The van der Waals surface area contributed by atoms with Crippen LogP contribution in [0.5, 0.6) is 0 Å². The van der Waals surface area contributed by atoms with Crippen molar-refractivity contribution in [3.8, 4) is 0 Å². The van der Waals surface area contributed by atoms with Crippen LogP contribution in [0.1, 0.15) is 53.0 Å². The van der Waals surface area contributed by atoms with E-state index in [9.17, 15) is 0 Å². The number of likely N-dealkylation sites (N-methyl/N-ethyl adjacent to an activating group) is 1. The number of nitrogens with zero attached hydrogens (tertiary/aromatic N) is 2. The smallest absolute Gasteiger partial charge is 0.0409 e. The van der Waals surface area contributed by atoms with Crippen LogP contribution in [0, 0.1) is 0 Å². The number of fused-ring (bicyclic) bond motifs is 1. The SMILES string of the molecule is [2H]C([2H])([2H])N1CCN([C@@H]2C[C@@H](c3ccccc3)c3ccc(Cl)cc32)CC1(C)C. The Kier molecular flexibility index (Phi) is 3.55. The number of piperazine rings is 1. The Morgan fingerprint density at radius 2 is 1.88 bits per heavy atom. The van der Waals surface area contributed by atoms with Crippen LogP contribution in [0.15, 0.2) is 48.5 Å². The van der Waals surface area contributed by atoms with Gasteiger partial charge in [0, 0.05) is 46.3 Å². The highest BCUT2D eigenvalue weighted by molar-refractivity contribution is 6.30. The number of benzene rings is 2. The van der Waals surface area contributed by atoms with Crippen LogP contribution in [0.3, 0.4) is 0 Å². The van der Waals surface area contributed by atoms with E-state index in [1.54, 1.807) is 4.90 Å². The summed E-state index contributed by atoms with van der Waals surface area (Å²) in [5, 5.41) is 0.762. The van der Waals surface area contributed by atoms with E-state index in [0.29, 0.717) is 12.5 Å². The van der Waals surface area contributed by atoms with E-state index in [2.05, 4.69) is 47.4 Å². The number of hydrogen-bond acceptors (Lipinski definition) is 2. The number of halogens is 1. The van der Waals surface area contributed by atoms with Crippen LogP contribution in [-0.2, 0) is 0 Å². The third-order valence-electron chi connectivity index (χ3n) is 5.82. The van der Waals surface area contributed by atoms with Crippen molar-refractivity contribution < 1.29 is 4.11 Å². The molecule has 3 heteroatoms. The van der Waals surface area contributed by atoms with Gasteiger partial charge in [-0.2, -0.15) is 0 Å². The summed E-state index contributed by atoms with van der Waals surface area (Å²) < 4.78 is 23.6. The molecule has 2 atom stereocenters. The molecule has 0 N–H and O–H groups in total. The van der Waals surface area contributed by atoms with E-state index >= 15 is 0 Å². The molecule has 25 heavy (non-hydrogen) atoms. The van der Waals surface area contributed by atoms with Gasteiger partial charge in [0.15, 0.2) is 0 Å². The van der Waals surface area contributed by atoms with Gasteiger partial charge in [0.2, 0.25) is 0 Å². The van der Waals surface area contributed by atoms with E-state index in [1.165, 1.54) is 16.7 Å². The second-order valence-electron chi connectivity index (χ2n) is 7.92. The molecule has 1 saturated heterocycles. The van der Waals surface area contributed by atoms with Gasteiger partial charge in [0.05, 0.1) is 0 Å². The third-order valence-corrected chi connectivity index (χ3v) is 6.05. The van der Waals surface area contributed by atoms with Gasteiger partial charge in [0.1, 0.15) is 0 Å². The van der Waals surface area contributed by atoms with E-state index < -0.39 is 12.5 Å². The maximum Gasteiger partial charge on any atom is 0.0409 e. The molecule has 2 nitrogen and oxygen atoms in total. The van der Waals surface area contributed by atoms with Crippen LogP contribution in [-0.4, -0.2) is 41.9 Å². The summed E-state index contributed by atoms with van der Waals surface area (Å²) in [5.74, 6) is 0.349. The van der Waals surface area contributed by atoms with Gasteiger partial charge in [-0.25, -0.2) is 0 Å². The highest BCUT2D eigenvalue weighted by atomic mass is 35.5. The van der Waals surface area contributed by atoms with Gasteiger partial charge in [-0.05, 0) is 56.1 Å². The Labute approximate surface area is 160 Å². The van der Waals surface area contributed by atoms with E-state index in [1.807, 2.05) is 19.9 Å². The van der Waals surface area contributed by atoms with Gasteiger partial charge in [-0.1, -0.05) is 48.0 Å². The number of hydrogen-bond donors (Lipinski definition) is 0. The maximum atomic E-state index is 7.87. The third kappa shape index (κ3) is 3.12. The van der Waals surface area contributed by atoms with Gasteiger partial charge in [0.25, 0.3) is 0 Å². The first-order valence-electron chi connectivity index (χ1n) is 10.5. The molecule has 0 amide bonds. The predicted octanol–water partition coefficient (Wildman–Crippen LogP) is 4.94. The van der Waals surface area contributed by atoms with Crippen LogP contribution >= 0.6 is 11.6 Å². The van der Waals surface area contributed by atoms with Crippen molar-refractivity contribution in [2.75, 3.05) is 26.6 Å². The van der Waals surface area contributed by atoms with Gasteiger partial charge < -0.3 is 0 Å². The van der Waals surface area contributed by atoms with Crippen molar-refractivity contribution in [1.82, 2.24) is 9.80 Å². The largest absolute Gasteiger partial charge is 0.299 e. The molecule has 132 valence electrons. The zero-order valence-corrected chi connectivity index (χ0v) is 15.6. The summed E-state index contributed by atoms with van der Waals surface area (Å²) >= 11 is 6.36. The normalized spacial score (nSPS) is 28.8. The van der Waals surface area contributed by atoms with E-state index in [-0.39, 0.29) is 6.04 Å². The monoisotopic (exact) mass is 357 g/mol. The van der Waals surface area contributed by atoms with Crippen LogP contribution < -0.4 is 0 Å².